The molecule has 1 aromatic carbocycles. The van der Waals surface area contributed by atoms with Crippen LogP contribution in [0.5, 0.6) is 0 Å². The highest BCUT2D eigenvalue weighted by Gasteiger charge is 2.20. The molecule has 0 atom stereocenters. The third-order valence-corrected chi connectivity index (χ3v) is 2.32. The number of aryl methyl sites for hydroxylation is 1. The second-order valence-corrected chi connectivity index (χ2v) is 3.03. The average Bonchev–Trinajstić information content (AvgIpc) is 2.49. The first-order chi connectivity index (χ1) is 5.79. The number of hydrogen-bond acceptors (Lipinski definition) is 2. The fourth-order valence-electron chi connectivity index (χ4n) is 1.77. The third kappa shape index (κ3) is 0.978. The van der Waals surface area contributed by atoms with Gasteiger partial charge in [0.2, 0.25) is 0 Å². The molecular formula is C9H9NO2. The minimum absolute atomic E-state index is 0.288. The molecule has 3 heteroatoms. The lowest BCUT2D eigenvalue weighted by Crippen LogP contribution is -1.93. The minimum Gasteiger partial charge on any atom is -0.258 e. The van der Waals surface area contributed by atoms with E-state index in [9.17, 15) is 10.1 Å². The van der Waals surface area contributed by atoms with Crippen LogP contribution in [0.4, 0.5) is 5.69 Å². The van der Waals surface area contributed by atoms with Crippen LogP contribution < -0.4 is 0 Å². The number of fused-ring (bicyclic) bond motifs is 1. The predicted octanol–water partition coefficient (Wildman–Crippen LogP) is 2.08. The van der Waals surface area contributed by atoms with Gasteiger partial charge in [-0.25, -0.2) is 0 Å². The van der Waals surface area contributed by atoms with Gasteiger partial charge in [0, 0.05) is 11.6 Å². The van der Waals surface area contributed by atoms with E-state index >= 15 is 0 Å². The van der Waals surface area contributed by atoms with E-state index in [1.165, 1.54) is 0 Å². The van der Waals surface area contributed by atoms with E-state index in [1.54, 1.807) is 12.1 Å². The van der Waals surface area contributed by atoms with Crippen LogP contribution in [0.1, 0.15) is 17.5 Å². The molecule has 1 aliphatic carbocycles. The molecule has 0 radical (unpaired) electrons. The molecule has 0 saturated heterocycles. The maximum absolute atomic E-state index is 10.6. The minimum atomic E-state index is -0.288. The maximum atomic E-state index is 10.6. The number of hydrogen-bond donors (Lipinski definition) is 0. The number of nitro groups is 1. The molecule has 2 rings (SSSR count). The van der Waals surface area contributed by atoms with Crippen LogP contribution in [0.3, 0.4) is 0 Å². The molecule has 0 aliphatic heterocycles. The molecule has 1 aliphatic rings. The van der Waals surface area contributed by atoms with E-state index in [0.29, 0.717) is 5.69 Å². The van der Waals surface area contributed by atoms with Crippen molar-refractivity contribution in [1.29, 1.82) is 0 Å². The third-order valence-electron chi connectivity index (χ3n) is 2.32. The molecule has 0 heterocycles. The smallest absolute Gasteiger partial charge is 0.258 e. The van der Waals surface area contributed by atoms with Crippen LogP contribution in [0.25, 0.3) is 0 Å². The molecule has 3 nitrogen and oxygen atoms in total. The summed E-state index contributed by atoms with van der Waals surface area (Å²) in [6.45, 7) is 0. The summed E-state index contributed by atoms with van der Waals surface area (Å²) in [6.07, 6.45) is 2.92. The highest BCUT2D eigenvalue weighted by atomic mass is 16.6. The van der Waals surface area contributed by atoms with Crippen LogP contribution in [0.15, 0.2) is 18.2 Å². The first-order valence-corrected chi connectivity index (χ1v) is 4.04. The van der Waals surface area contributed by atoms with Gasteiger partial charge >= 0.3 is 0 Å². The second kappa shape index (κ2) is 2.59. The van der Waals surface area contributed by atoms with E-state index in [1.807, 2.05) is 6.07 Å². The zero-order chi connectivity index (χ0) is 8.55. The van der Waals surface area contributed by atoms with Gasteiger partial charge in [0.15, 0.2) is 0 Å². The van der Waals surface area contributed by atoms with Gasteiger partial charge in [-0.3, -0.25) is 10.1 Å². The molecule has 0 fully saturated rings. The van der Waals surface area contributed by atoms with Gasteiger partial charge in [-0.05, 0) is 24.8 Å². The van der Waals surface area contributed by atoms with Gasteiger partial charge in [-0.1, -0.05) is 12.1 Å². The van der Waals surface area contributed by atoms with Crippen LogP contribution in [0.2, 0.25) is 0 Å². The molecule has 12 heavy (non-hydrogen) atoms. The standard InChI is InChI=1S/C9H9NO2/c11-10(12)9-6-2-4-7-3-1-5-8(7)9/h2,4,6H,1,3,5H2. The fraction of sp³-hybridized carbons (Fsp3) is 0.333. The van der Waals surface area contributed by atoms with Gasteiger partial charge in [0.1, 0.15) is 0 Å². The summed E-state index contributed by atoms with van der Waals surface area (Å²) in [5.41, 5.74) is 2.40. The van der Waals surface area contributed by atoms with E-state index in [4.69, 9.17) is 0 Å². The number of rotatable bonds is 1. The van der Waals surface area contributed by atoms with E-state index in [2.05, 4.69) is 0 Å². The van der Waals surface area contributed by atoms with Crippen LogP contribution >= 0.6 is 0 Å². The van der Waals surface area contributed by atoms with Crippen molar-refractivity contribution in [3.63, 3.8) is 0 Å². The topological polar surface area (TPSA) is 43.1 Å². The lowest BCUT2D eigenvalue weighted by atomic mass is 10.1. The predicted molar refractivity (Wildman–Crippen MR) is 45.1 cm³/mol. The Balaban J connectivity index is 2.56. The monoisotopic (exact) mass is 163 g/mol. The Morgan fingerprint density at radius 1 is 1.33 bits per heavy atom. The van der Waals surface area contributed by atoms with E-state index in [0.717, 1.165) is 30.4 Å². The quantitative estimate of drug-likeness (QED) is 0.470. The van der Waals surface area contributed by atoms with Gasteiger partial charge < -0.3 is 0 Å². The lowest BCUT2D eigenvalue weighted by molar-refractivity contribution is -0.385. The Hall–Kier alpha value is -1.38. The van der Waals surface area contributed by atoms with Gasteiger partial charge in [0.25, 0.3) is 5.69 Å². The largest absolute Gasteiger partial charge is 0.272 e. The summed E-state index contributed by atoms with van der Waals surface area (Å²) in [7, 11) is 0. The van der Waals surface area contributed by atoms with Crippen molar-refractivity contribution in [2.24, 2.45) is 0 Å². The molecule has 0 saturated carbocycles. The molecule has 0 bridgehead atoms. The number of nitro benzene ring substituents is 1. The van der Waals surface area contributed by atoms with Gasteiger partial charge in [-0.15, -0.1) is 0 Å². The summed E-state index contributed by atoms with van der Waals surface area (Å²) < 4.78 is 0. The van der Waals surface area contributed by atoms with Gasteiger partial charge in [0.05, 0.1) is 4.92 Å². The first-order valence-electron chi connectivity index (χ1n) is 4.04. The summed E-state index contributed by atoms with van der Waals surface area (Å²) in [5.74, 6) is 0. The van der Waals surface area contributed by atoms with Crippen molar-refractivity contribution in [3.8, 4) is 0 Å². The summed E-state index contributed by atoms with van der Waals surface area (Å²) in [6, 6.07) is 5.34. The zero-order valence-electron chi connectivity index (χ0n) is 6.62. The highest BCUT2D eigenvalue weighted by molar-refractivity contribution is 5.47. The van der Waals surface area contributed by atoms with E-state index < -0.39 is 0 Å². The SMILES string of the molecule is O=[N+]([O-])c1cccc2c1CCC2. The lowest BCUT2D eigenvalue weighted by Gasteiger charge is -1.98. The van der Waals surface area contributed by atoms with Crippen LogP contribution in [0, 0.1) is 10.1 Å². The zero-order valence-corrected chi connectivity index (χ0v) is 6.62. The van der Waals surface area contributed by atoms with Crippen molar-refractivity contribution >= 4 is 5.69 Å². The summed E-state index contributed by atoms with van der Waals surface area (Å²) >= 11 is 0. The second-order valence-electron chi connectivity index (χ2n) is 3.03. The molecule has 1 aromatic rings. The molecule has 0 aromatic heterocycles. The molecule has 0 amide bonds. The molecular weight excluding hydrogens is 154 g/mol. The Morgan fingerprint density at radius 3 is 2.92 bits per heavy atom. The molecule has 0 spiro atoms. The fourth-order valence-corrected chi connectivity index (χ4v) is 1.77. The Morgan fingerprint density at radius 2 is 2.17 bits per heavy atom. The average molecular weight is 163 g/mol. The Bertz CT molecular complexity index is 333. The van der Waals surface area contributed by atoms with Crippen molar-refractivity contribution in [3.05, 3.63) is 39.4 Å². The van der Waals surface area contributed by atoms with Crippen molar-refractivity contribution < 1.29 is 4.92 Å². The van der Waals surface area contributed by atoms with E-state index in [-0.39, 0.29) is 4.92 Å². The Labute approximate surface area is 70.2 Å². The van der Waals surface area contributed by atoms with Crippen LogP contribution in [-0.4, -0.2) is 4.92 Å². The number of benzene rings is 1. The van der Waals surface area contributed by atoms with Crippen LogP contribution in [-0.2, 0) is 12.8 Å². The molecule has 0 unspecified atom stereocenters. The summed E-state index contributed by atoms with van der Waals surface area (Å²) in [5, 5.41) is 10.6. The summed E-state index contributed by atoms with van der Waals surface area (Å²) in [4.78, 5) is 10.3. The maximum Gasteiger partial charge on any atom is 0.272 e. The van der Waals surface area contributed by atoms with Gasteiger partial charge in [-0.2, -0.15) is 0 Å². The first kappa shape index (κ1) is 7.28. The molecule has 0 N–H and O–H groups in total. The Kier molecular flexibility index (Phi) is 1.57. The molecule has 62 valence electrons. The number of nitrogens with zero attached hydrogens (tertiary/aromatic N) is 1. The van der Waals surface area contributed by atoms with Crippen molar-refractivity contribution in [2.75, 3.05) is 0 Å². The highest BCUT2D eigenvalue weighted by Crippen LogP contribution is 2.29. The van der Waals surface area contributed by atoms with Crippen molar-refractivity contribution in [2.45, 2.75) is 19.3 Å². The van der Waals surface area contributed by atoms with Crippen molar-refractivity contribution in [1.82, 2.24) is 0 Å². The normalized spacial score (nSPS) is 14.3.